The highest BCUT2D eigenvalue weighted by Crippen LogP contribution is 2.21. The Morgan fingerprint density at radius 1 is 1.12 bits per heavy atom. The number of methoxy groups -OCH3 is 1. The van der Waals surface area contributed by atoms with E-state index in [0.717, 1.165) is 22.9 Å². The second-order valence-corrected chi connectivity index (χ2v) is 7.37. The zero-order valence-corrected chi connectivity index (χ0v) is 15.5. The number of hydrogen-bond donors (Lipinski definition) is 1. The van der Waals surface area contributed by atoms with Crippen LogP contribution >= 0.6 is 11.3 Å². The summed E-state index contributed by atoms with van der Waals surface area (Å²) >= 11 is 1.48. The van der Waals surface area contributed by atoms with E-state index < -0.39 is 0 Å². The van der Waals surface area contributed by atoms with Gasteiger partial charge in [-0.05, 0) is 29.0 Å². The lowest BCUT2D eigenvalue weighted by Crippen LogP contribution is -3.06. The summed E-state index contributed by atoms with van der Waals surface area (Å²) in [5, 5.41) is 4.25. The minimum absolute atomic E-state index is 0.0151. The fraction of sp³-hybridized carbons (Fsp3) is 0.200. The van der Waals surface area contributed by atoms with Crippen LogP contribution in [0.15, 0.2) is 58.8 Å². The molecule has 0 aliphatic rings. The monoisotopic (exact) mass is 366 g/mol. The van der Waals surface area contributed by atoms with Crippen LogP contribution in [0.4, 0.5) is 0 Å². The minimum atomic E-state index is -0.0151. The number of thiazole rings is 1. The smallest absolute Gasteiger partial charge is 0.258 e. The van der Waals surface area contributed by atoms with E-state index in [4.69, 9.17) is 4.74 Å². The van der Waals surface area contributed by atoms with Crippen molar-refractivity contribution in [3.63, 3.8) is 0 Å². The van der Waals surface area contributed by atoms with E-state index in [2.05, 4.69) is 36.3 Å². The molecule has 132 valence electrons. The Labute approximate surface area is 155 Å². The zero-order valence-electron chi connectivity index (χ0n) is 14.7. The molecule has 4 aromatic rings. The molecule has 1 unspecified atom stereocenters. The van der Waals surface area contributed by atoms with Gasteiger partial charge in [-0.2, -0.15) is 0 Å². The molecule has 0 fully saturated rings. The van der Waals surface area contributed by atoms with Gasteiger partial charge in [0.25, 0.3) is 5.56 Å². The van der Waals surface area contributed by atoms with Gasteiger partial charge < -0.3 is 9.64 Å². The largest absolute Gasteiger partial charge is 0.497 e. The van der Waals surface area contributed by atoms with Crippen molar-refractivity contribution >= 4 is 27.1 Å². The third-order valence-electron chi connectivity index (χ3n) is 4.46. The third-order valence-corrected chi connectivity index (χ3v) is 5.21. The maximum Gasteiger partial charge on any atom is 0.258 e. The average Bonchev–Trinajstić information content (AvgIpc) is 3.10. The highest BCUT2D eigenvalue weighted by Gasteiger charge is 2.10. The summed E-state index contributed by atoms with van der Waals surface area (Å²) in [6, 6.07) is 14.2. The topological polar surface area (TPSA) is 48.0 Å². The summed E-state index contributed by atoms with van der Waals surface area (Å²) in [4.78, 5) is 18.7. The van der Waals surface area contributed by atoms with Crippen molar-refractivity contribution in [2.45, 2.75) is 13.1 Å². The molecular weight excluding hydrogens is 346 g/mol. The Morgan fingerprint density at radius 3 is 2.77 bits per heavy atom. The maximum atomic E-state index is 12.1. The molecule has 0 spiro atoms. The van der Waals surface area contributed by atoms with Gasteiger partial charge in [-0.15, -0.1) is 11.3 Å². The molecule has 2 heterocycles. The quantitative estimate of drug-likeness (QED) is 0.589. The molecule has 0 radical (unpaired) electrons. The van der Waals surface area contributed by atoms with Crippen LogP contribution < -0.4 is 15.2 Å². The summed E-state index contributed by atoms with van der Waals surface area (Å²) in [6.07, 6.45) is 1.76. The van der Waals surface area contributed by atoms with Gasteiger partial charge >= 0.3 is 0 Å². The number of nitrogens with one attached hydrogen (secondary N) is 1. The standard InChI is InChI=1S/C20H19N3O2S/c1-22(13-17-11-19(24)23-7-8-26-20(23)21-17)12-14-3-4-16-10-18(25-2)6-5-15(16)9-14/h3-11H,12-13H2,1-2H3/p+1. The van der Waals surface area contributed by atoms with Gasteiger partial charge in [-0.3, -0.25) is 9.20 Å². The lowest BCUT2D eigenvalue weighted by atomic mass is 10.1. The number of aromatic nitrogens is 2. The molecule has 0 bridgehead atoms. The average molecular weight is 366 g/mol. The molecular formula is C20H20N3O2S+. The highest BCUT2D eigenvalue weighted by molar-refractivity contribution is 7.15. The van der Waals surface area contributed by atoms with Gasteiger partial charge in [0, 0.05) is 23.2 Å². The molecule has 0 saturated carbocycles. The van der Waals surface area contributed by atoms with E-state index >= 15 is 0 Å². The van der Waals surface area contributed by atoms with Crippen LogP contribution in [0.3, 0.4) is 0 Å². The van der Waals surface area contributed by atoms with E-state index in [1.165, 1.54) is 32.6 Å². The first-order valence-electron chi connectivity index (χ1n) is 8.46. The lowest BCUT2D eigenvalue weighted by molar-refractivity contribution is -0.908. The van der Waals surface area contributed by atoms with Gasteiger partial charge in [0.15, 0.2) is 4.96 Å². The number of rotatable bonds is 5. The van der Waals surface area contributed by atoms with E-state index in [1.807, 2.05) is 17.5 Å². The molecule has 0 aliphatic carbocycles. The number of quaternary nitrogens is 1. The Kier molecular flexibility index (Phi) is 4.44. The minimum Gasteiger partial charge on any atom is -0.497 e. The molecule has 5 nitrogen and oxygen atoms in total. The summed E-state index contributed by atoms with van der Waals surface area (Å²) in [7, 11) is 3.80. The molecule has 0 aliphatic heterocycles. The van der Waals surface area contributed by atoms with E-state index in [0.29, 0.717) is 6.54 Å². The third kappa shape index (κ3) is 3.34. The molecule has 0 amide bonds. The molecule has 1 N–H and O–H groups in total. The van der Waals surface area contributed by atoms with Crippen molar-refractivity contribution in [1.29, 1.82) is 0 Å². The Bertz CT molecular complexity index is 1130. The van der Waals surface area contributed by atoms with E-state index in [9.17, 15) is 4.79 Å². The van der Waals surface area contributed by atoms with Crippen LogP contribution in [0, 0.1) is 0 Å². The van der Waals surface area contributed by atoms with Gasteiger partial charge in [0.1, 0.15) is 24.5 Å². The van der Waals surface area contributed by atoms with Crippen LogP contribution in [-0.2, 0) is 13.1 Å². The lowest BCUT2D eigenvalue weighted by Gasteiger charge is -2.14. The second kappa shape index (κ2) is 6.90. The van der Waals surface area contributed by atoms with Gasteiger partial charge in [0.05, 0.1) is 14.2 Å². The SMILES string of the molecule is COc1ccc2cc(C[NH+](C)Cc3cc(=O)n4ccsc4n3)ccc2c1. The summed E-state index contributed by atoms with van der Waals surface area (Å²) in [5.74, 6) is 0.870. The number of ether oxygens (including phenoxy) is 1. The zero-order chi connectivity index (χ0) is 18.1. The Hall–Kier alpha value is -2.70. The van der Waals surface area contributed by atoms with Crippen LogP contribution in [-0.4, -0.2) is 23.5 Å². The van der Waals surface area contributed by atoms with Crippen molar-refractivity contribution in [1.82, 2.24) is 9.38 Å². The van der Waals surface area contributed by atoms with Crippen molar-refractivity contribution < 1.29 is 9.64 Å². The first-order chi connectivity index (χ1) is 12.6. The first-order valence-corrected chi connectivity index (χ1v) is 9.34. The van der Waals surface area contributed by atoms with Crippen molar-refractivity contribution in [2.24, 2.45) is 0 Å². The molecule has 2 aromatic carbocycles. The molecule has 2 aromatic heterocycles. The van der Waals surface area contributed by atoms with Crippen molar-refractivity contribution in [3.05, 3.63) is 75.7 Å². The van der Waals surface area contributed by atoms with Gasteiger partial charge in [0.2, 0.25) is 0 Å². The van der Waals surface area contributed by atoms with E-state index in [1.54, 1.807) is 23.8 Å². The molecule has 4 rings (SSSR count). The molecule has 0 saturated heterocycles. The number of hydrogen-bond acceptors (Lipinski definition) is 4. The predicted octanol–water partition coefficient (Wildman–Crippen LogP) is 2.13. The van der Waals surface area contributed by atoms with Crippen molar-refractivity contribution in [2.75, 3.05) is 14.2 Å². The molecule has 6 heteroatoms. The van der Waals surface area contributed by atoms with E-state index in [-0.39, 0.29) is 5.56 Å². The Morgan fingerprint density at radius 2 is 1.92 bits per heavy atom. The van der Waals surface area contributed by atoms with Gasteiger partial charge in [-0.1, -0.05) is 18.2 Å². The number of fused-ring (bicyclic) bond motifs is 2. The summed E-state index contributed by atoms with van der Waals surface area (Å²) in [5.41, 5.74) is 2.08. The molecule has 1 atom stereocenters. The highest BCUT2D eigenvalue weighted by atomic mass is 32.1. The Balaban J connectivity index is 1.52. The summed E-state index contributed by atoms with van der Waals surface area (Å²) in [6.45, 7) is 1.58. The normalized spacial score (nSPS) is 12.5. The predicted molar refractivity (Wildman–Crippen MR) is 104 cm³/mol. The van der Waals surface area contributed by atoms with Crippen LogP contribution in [0.25, 0.3) is 15.7 Å². The maximum absolute atomic E-state index is 12.1. The van der Waals surface area contributed by atoms with Crippen LogP contribution in [0.1, 0.15) is 11.3 Å². The van der Waals surface area contributed by atoms with Crippen LogP contribution in [0.2, 0.25) is 0 Å². The second-order valence-electron chi connectivity index (χ2n) is 6.50. The van der Waals surface area contributed by atoms with Gasteiger partial charge in [-0.25, -0.2) is 4.98 Å². The number of benzene rings is 2. The first kappa shape index (κ1) is 16.8. The molecule has 26 heavy (non-hydrogen) atoms. The van der Waals surface area contributed by atoms with Crippen molar-refractivity contribution in [3.8, 4) is 5.75 Å². The number of nitrogens with zero attached hydrogens (tertiary/aromatic N) is 2. The fourth-order valence-corrected chi connectivity index (χ4v) is 3.95. The summed E-state index contributed by atoms with van der Waals surface area (Å²) < 4.78 is 6.86. The fourth-order valence-electron chi connectivity index (χ4n) is 3.21. The van der Waals surface area contributed by atoms with Crippen LogP contribution in [0.5, 0.6) is 5.75 Å².